The maximum atomic E-state index is 12.8. The van der Waals surface area contributed by atoms with Crippen molar-refractivity contribution in [1.29, 1.82) is 0 Å². The Bertz CT molecular complexity index is 1020. The number of thioether (sulfide) groups is 1. The van der Waals surface area contributed by atoms with Crippen LogP contribution in [0.1, 0.15) is 107 Å². The fourth-order valence-electron chi connectivity index (χ4n) is 4.80. The third-order valence-electron chi connectivity index (χ3n) is 7.10. The summed E-state index contributed by atoms with van der Waals surface area (Å²) in [5.41, 5.74) is 2.51. The smallest absolute Gasteiger partial charge is 0.255 e. The average molecular weight is 553 g/mol. The molecule has 39 heavy (non-hydrogen) atoms. The van der Waals surface area contributed by atoms with Crippen LogP contribution in [0.4, 0.5) is 5.69 Å². The van der Waals surface area contributed by atoms with Crippen LogP contribution < -0.4 is 14.8 Å². The molecule has 0 atom stereocenters. The minimum atomic E-state index is -0.138. The second-order valence-corrected chi connectivity index (χ2v) is 11.7. The topological polar surface area (TPSA) is 50.8 Å². The van der Waals surface area contributed by atoms with E-state index in [1.54, 1.807) is 7.11 Å². The van der Waals surface area contributed by atoms with Gasteiger partial charge in [-0.1, -0.05) is 89.7 Å². The molecule has 0 unspecified atom stereocenters. The summed E-state index contributed by atoms with van der Waals surface area (Å²) in [7, 11) is 1.63. The number of carbonyl (C=O) groups is 1. The summed E-state index contributed by atoms with van der Waals surface area (Å²) in [6.45, 7) is 5.93. The number of nitrogens with zero attached hydrogens (tertiary/aromatic N) is 1. The first-order valence-electron chi connectivity index (χ1n) is 14.9. The van der Waals surface area contributed by atoms with Gasteiger partial charge in [0, 0.05) is 30.1 Å². The molecule has 0 aliphatic carbocycles. The lowest BCUT2D eigenvalue weighted by Crippen LogP contribution is -2.14. The summed E-state index contributed by atoms with van der Waals surface area (Å²) in [6.07, 6.45) is 18.1. The van der Waals surface area contributed by atoms with Crippen molar-refractivity contribution in [3.63, 3.8) is 0 Å². The molecule has 3 rings (SSSR count). The van der Waals surface area contributed by atoms with Gasteiger partial charge in [-0.25, -0.2) is 0 Å². The van der Waals surface area contributed by atoms with Crippen LogP contribution in [0.25, 0.3) is 0 Å². The number of carbonyl (C=O) groups excluding carboxylic acids is 1. The molecule has 0 fully saturated rings. The van der Waals surface area contributed by atoms with Crippen molar-refractivity contribution in [2.75, 3.05) is 24.9 Å². The van der Waals surface area contributed by atoms with Gasteiger partial charge in [-0.05, 0) is 48.1 Å². The van der Waals surface area contributed by atoms with E-state index in [0.29, 0.717) is 29.4 Å². The zero-order chi connectivity index (χ0) is 27.7. The van der Waals surface area contributed by atoms with E-state index in [0.717, 1.165) is 18.8 Å². The normalized spacial score (nSPS) is 12.9. The van der Waals surface area contributed by atoms with Crippen LogP contribution >= 0.6 is 11.8 Å². The van der Waals surface area contributed by atoms with Crippen LogP contribution in [-0.4, -0.2) is 30.4 Å². The molecule has 0 aromatic heterocycles. The number of hydrogen-bond donors (Lipinski definition) is 1. The number of unbranched alkanes of at least 4 members (excludes halogenated alkanes) is 11. The molecular formula is C33H48N2O3S. The predicted molar refractivity (Wildman–Crippen MR) is 166 cm³/mol. The van der Waals surface area contributed by atoms with Gasteiger partial charge in [0.25, 0.3) is 5.91 Å². The summed E-state index contributed by atoms with van der Waals surface area (Å²) in [5.74, 6) is 2.19. The van der Waals surface area contributed by atoms with Crippen LogP contribution in [0.15, 0.2) is 53.6 Å². The highest BCUT2D eigenvalue weighted by molar-refractivity contribution is 8.03. The van der Waals surface area contributed by atoms with Gasteiger partial charge >= 0.3 is 0 Å². The molecule has 1 aliphatic heterocycles. The number of nitrogens with one attached hydrogen (secondary N) is 1. The maximum Gasteiger partial charge on any atom is 0.255 e. The van der Waals surface area contributed by atoms with E-state index in [9.17, 15) is 4.79 Å². The second-order valence-electron chi connectivity index (χ2n) is 10.5. The monoisotopic (exact) mass is 552 g/mol. The molecule has 0 radical (unpaired) electrons. The van der Waals surface area contributed by atoms with Crippen LogP contribution in [0, 0.1) is 0 Å². The van der Waals surface area contributed by atoms with Gasteiger partial charge in [0.05, 0.1) is 19.6 Å². The minimum absolute atomic E-state index is 0.138. The van der Waals surface area contributed by atoms with Gasteiger partial charge in [0.15, 0.2) is 11.5 Å². The summed E-state index contributed by atoms with van der Waals surface area (Å²) in [5, 5.41) is 2.98. The summed E-state index contributed by atoms with van der Waals surface area (Å²) in [4.78, 5) is 16.4. The molecule has 2 aromatic carbocycles. The molecule has 214 valence electrons. The highest BCUT2D eigenvalue weighted by Crippen LogP contribution is 2.31. The van der Waals surface area contributed by atoms with Crippen LogP contribution in [0.3, 0.4) is 0 Å². The number of methoxy groups -OCH3 is 1. The molecule has 1 heterocycles. The molecule has 0 saturated heterocycles. The van der Waals surface area contributed by atoms with Crippen molar-refractivity contribution in [1.82, 2.24) is 4.90 Å². The fraction of sp³-hybridized carbons (Fsp3) is 0.545. The Labute approximate surface area is 240 Å². The molecule has 1 N–H and O–H groups in total. The largest absolute Gasteiger partial charge is 0.493 e. The molecule has 0 bridgehead atoms. The number of allylic oxidation sites excluding steroid dienone is 1. The highest BCUT2D eigenvalue weighted by atomic mass is 32.2. The lowest BCUT2D eigenvalue weighted by Gasteiger charge is -2.15. The van der Waals surface area contributed by atoms with E-state index in [1.165, 1.54) is 81.1 Å². The molecule has 1 amide bonds. The number of rotatable bonds is 19. The molecular weight excluding hydrogens is 504 g/mol. The van der Waals surface area contributed by atoms with Crippen molar-refractivity contribution in [2.45, 2.75) is 97.4 Å². The second kappa shape index (κ2) is 17.9. The van der Waals surface area contributed by atoms with Gasteiger partial charge in [-0.15, -0.1) is 11.8 Å². The average Bonchev–Trinajstić information content (AvgIpc) is 3.36. The first kappa shape index (κ1) is 30.9. The van der Waals surface area contributed by atoms with E-state index >= 15 is 0 Å². The molecule has 5 nitrogen and oxygen atoms in total. The fourth-order valence-corrected chi connectivity index (χ4v) is 5.56. The third-order valence-corrected chi connectivity index (χ3v) is 8.12. The van der Waals surface area contributed by atoms with Crippen molar-refractivity contribution < 1.29 is 14.3 Å². The van der Waals surface area contributed by atoms with Crippen LogP contribution in [-0.2, 0) is 6.54 Å². The molecule has 6 heteroatoms. The van der Waals surface area contributed by atoms with Gasteiger partial charge < -0.3 is 19.7 Å². The van der Waals surface area contributed by atoms with Gasteiger partial charge in [-0.2, -0.15) is 0 Å². The quantitative estimate of drug-likeness (QED) is 0.176. The van der Waals surface area contributed by atoms with E-state index < -0.39 is 0 Å². The molecule has 0 saturated carbocycles. The van der Waals surface area contributed by atoms with Crippen LogP contribution in [0.5, 0.6) is 11.5 Å². The lowest BCUT2D eigenvalue weighted by atomic mass is 10.1. The number of hydrogen-bond acceptors (Lipinski definition) is 5. The lowest BCUT2D eigenvalue weighted by molar-refractivity contribution is 0.102. The van der Waals surface area contributed by atoms with Crippen molar-refractivity contribution in [3.8, 4) is 11.5 Å². The zero-order valence-electron chi connectivity index (χ0n) is 24.3. The molecule has 1 aliphatic rings. The Morgan fingerprint density at radius 3 is 2.10 bits per heavy atom. The van der Waals surface area contributed by atoms with Crippen molar-refractivity contribution >= 4 is 23.4 Å². The first-order valence-corrected chi connectivity index (χ1v) is 15.8. The van der Waals surface area contributed by atoms with E-state index in [1.807, 2.05) is 54.2 Å². The number of ether oxygens (including phenoxy) is 2. The van der Waals surface area contributed by atoms with Crippen molar-refractivity contribution in [3.05, 3.63) is 64.7 Å². The number of anilines is 1. The first-order chi connectivity index (χ1) is 19.1. The van der Waals surface area contributed by atoms with E-state index in [-0.39, 0.29) is 5.91 Å². The van der Waals surface area contributed by atoms with Gasteiger partial charge in [0.1, 0.15) is 0 Å². The Morgan fingerprint density at radius 1 is 0.872 bits per heavy atom. The predicted octanol–water partition coefficient (Wildman–Crippen LogP) is 9.39. The summed E-state index contributed by atoms with van der Waals surface area (Å²) < 4.78 is 11.5. The molecule has 2 aromatic rings. The maximum absolute atomic E-state index is 12.8. The van der Waals surface area contributed by atoms with Crippen molar-refractivity contribution in [2.24, 2.45) is 0 Å². The Hall–Kier alpha value is -2.60. The van der Waals surface area contributed by atoms with Crippen LogP contribution in [0.2, 0.25) is 0 Å². The molecule has 0 spiro atoms. The SMILES string of the molecule is CCCCCCCCCCCCCCOc1ccc(NC(=O)c2ccc(CN3C=C(C)SC3)cc2)cc1OC. The standard InChI is InChI=1S/C33H48N2O3S/c1-4-5-6-7-8-9-10-11-12-13-14-15-22-38-31-21-20-30(23-32(31)37-3)34-33(36)29-18-16-28(17-19-29)25-35-24-27(2)39-26-35/h16-21,23-24H,4-15,22,25-26H2,1-3H3,(H,34,36). The summed E-state index contributed by atoms with van der Waals surface area (Å²) >= 11 is 1.85. The zero-order valence-corrected chi connectivity index (χ0v) is 25.1. The Morgan fingerprint density at radius 2 is 1.51 bits per heavy atom. The van der Waals surface area contributed by atoms with E-state index in [4.69, 9.17) is 9.47 Å². The van der Waals surface area contributed by atoms with Gasteiger partial charge in [-0.3, -0.25) is 4.79 Å². The Kier molecular flexibility index (Phi) is 14.2. The summed E-state index contributed by atoms with van der Waals surface area (Å²) in [6, 6.07) is 13.4. The Balaban J connectivity index is 1.33. The minimum Gasteiger partial charge on any atom is -0.493 e. The highest BCUT2D eigenvalue weighted by Gasteiger charge is 2.12. The van der Waals surface area contributed by atoms with E-state index in [2.05, 4.69) is 30.3 Å². The van der Waals surface area contributed by atoms with Gasteiger partial charge in [0.2, 0.25) is 0 Å². The third kappa shape index (κ3) is 11.6. The number of benzene rings is 2. The number of amides is 1.